The van der Waals surface area contributed by atoms with E-state index in [-0.39, 0.29) is 36.5 Å². The summed E-state index contributed by atoms with van der Waals surface area (Å²) in [7, 11) is 1.51. The third-order valence-electron chi connectivity index (χ3n) is 4.61. The van der Waals surface area contributed by atoms with Crippen LogP contribution in [0.5, 0.6) is 5.88 Å². The number of nitrogens with zero attached hydrogens (tertiary/aromatic N) is 2. The Morgan fingerprint density at radius 2 is 2.48 bits per heavy atom. The van der Waals surface area contributed by atoms with Gasteiger partial charge in [0.05, 0.1) is 18.1 Å². The first-order chi connectivity index (χ1) is 11.1. The van der Waals surface area contributed by atoms with Crippen molar-refractivity contribution in [2.45, 2.75) is 18.9 Å². The molecule has 1 aromatic rings. The predicted octanol–water partition coefficient (Wildman–Crippen LogP) is 1.25. The van der Waals surface area contributed by atoms with Crippen LogP contribution in [0.2, 0.25) is 0 Å². The van der Waals surface area contributed by atoms with E-state index in [4.69, 9.17) is 14.2 Å². The van der Waals surface area contributed by atoms with Gasteiger partial charge in [0.15, 0.2) is 5.82 Å². The van der Waals surface area contributed by atoms with Gasteiger partial charge in [-0.05, 0) is 25.0 Å². The number of pyridine rings is 1. The SMILES string of the molecule is COCC(=O)N1CC[C@H]2OCC[C@@]2(COc2ncccc2F)C1. The van der Waals surface area contributed by atoms with Gasteiger partial charge in [0.2, 0.25) is 11.8 Å². The smallest absolute Gasteiger partial charge is 0.250 e. The molecule has 126 valence electrons. The van der Waals surface area contributed by atoms with Crippen molar-refractivity contribution in [3.63, 3.8) is 0 Å². The molecule has 0 bridgehead atoms. The molecule has 2 atom stereocenters. The second-order valence-corrected chi connectivity index (χ2v) is 6.09. The van der Waals surface area contributed by atoms with Crippen LogP contribution < -0.4 is 4.74 Å². The van der Waals surface area contributed by atoms with Crippen molar-refractivity contribution in [2.75, 3.05) is 40.0 Å². The number of likely N-dealkylation sites (tertiary alicyclic amines) is 1. The van der Waals surface area contributed by atoms with Gasteiger partial charge < -0.3 is 19.1 Å². The zero-order valence-electron chi connectivity index (χ0n) is 13.2. The molecule has 23 heavy (non-hydrogen) atoms. The van der Waals surface area contributed by atoms with E-state index in [1.54, 1.807) is 4.90 Å². The fourth-order valence-corrected chi connectivity index (χ4v) is 3.37. The molecule has 7 heteroatoms. The number of hydrogen-bond donors (Lipinski definition) is 0. The van der Waals surface area contributed by atoms with Gasteiger partial charge in [-0.25, -0.2) is 9.37 Å². The van der Waals surface area contributed by atoms with Gasteiger partial charge in [-0.3, -0.25) is 4.79 Å². The van der Waals surface area contributed by atoms with Crippen LogP contribution in [-0.2, 0) is 14.3 Å². The summed E-state index contributed by atoms with van der Waals surface area (Å²) < 4.78 is 30.1. The first-order valence-corrected chi connectivity index (χ1v) is 7.76. The highest BCUT2D eigenvalue weighted by Gasteiger charge is 2.49. The Balaban J connectivity index is 1.71. The Labute approximate surface area is 134 Å². The molecule has 1 aromatic heterocycles. The number of methoxy groups -OCH3 is 1. The van der Waals surface area contributed by atoms with Gasteiger partial charge in [-0.15, -0.1) is 0 Å². The number of rotatable bonds is 5. The van der Waals surface area contributed by atoms with Crippen molar-refractivity contribution >= 4 is 5.91 Å². The molecule has 1 amide bonds. The Morgan fingerprint density at radius 1 is 1.61 bits per heavy atom. The molecule has 6 nitrogen and oxygen atoms in total. The molecule has 0 saturated carbocycles. The fraction of sp³-hybridized carbons (Fsp3) is 0.625. The monoisotopic (exact) mass is 324 g/mol. The number of amides is 1. The normalized spacial score (nSPS) is 26.9. The summed E-state index contributed by atoms with van der Waals surface area (Å²) >= 11 is 0. The maximum Gasteiger partial charge on any atom is 0.250 e. The zero-order valence-corrected chi connectivity index (χ0v) is 13.2. The number of hydrogen-bond acceptors (Lipinski definition) is 5. The summed E-state index contributed by atoms with van der Waals surface area (Å²) in [6.07, 6.45) is 3.06. The molecule has 2 aliphatic rings. The summed E-state index contributed by atoms with van der Waals surface area (Å²) in [4.78, 5) is 17.8. The lowest BCUT2D eigenvalue weighted by Gasteiger charge is -2.43. The van der Waals surface area contributed by atoms with Gasteiger partial charge in [0.1, 0.15) is 6.61 Å². The Hall–Kier alpha value is -1.73. The topological polar surface area (TPSA) is 60.9 Å². The van der Waals surface area contributed by atoms with E-state index in [2.05, 4.69) is 4.98 Å². The number of ether oxygens (including phenoxy) is 3. The minimum absolute atomic E-state index is 0.00661. The Kier molecular flexibility index (Phi) is 4.77. The molecule has 0 radical (unpaired) electrons. The highest BCUT2D eigenvalue weighted by atomic mass is 19.1. The highest BCUT2D eigenvalue weighted by Crippen LogP contribution is 2.41. The third-order valence-corrected chi connectivity index (χ3v) is 4.61. The van der Waals surface area contributed by atoms with E-state index >= 15 is 0 Å². The van der Waals surface area contributed by atoms with Crippen LogP contribution in [0.4, 0.5) is 4.39 Å². The lowest BCUT2D eigenvalue weighted by atomic mass is 9.77. The van der Waals surface area contributed by atoms with Crippen molar-refractivity contribution in [1.82, 2.24) is 9.88 Å². The molecular weight excluding hydrogens is 303 g/mol. The molecule has 3 heterocycles. The van der Waals surface area contributed by atoms with Gasteiger partial charge in [-0.1, -0.05) is 0 Å². The molecule has 0 aliphatic carbocycles. The second-order valence-electron chi connectivity index (χ2n) is 6.09. The van der Waals surface area contributed by atoms with Crippen molar-refractivity contribution in [3.05, 3.63) is 24.1 Å². The Bertz CT molecular complexity index is 571. The summed E-state index contributed by atoms with van der Waals surface area (Å²) in [6.45, 7) is 2.16. The van der Waals surface area contributed by atoms with Crippen molar-refractivity contribution < 1.29 is 23.4 Å². The largest absolute Gasteiger partial charge is 0.475 e. The van der Waals surface area contributed by atoms with E-state index in [0.29, 0.717) is 19.7 Å². The van der Waals surface area contributed by atoms with Crippen LogP contribution in [0.15, 0.2) is 18.3 Å². The molecular formula is C16H21FN2O4. The number of carbonyl (C=O) groups excluding carboxylic acids is 1. The quantitative estimate of drug-likeness (QED) is 0.816. The third kappa shape index (κ3) is 3.30. The maximum atomic E-state index is 13.7. The zero-order chi connectivity index (χ0) is 16.3. The summed E-state index contributed by atoms with van der Waals surface area (Å²) in [5.74, 6) is -0.531. The molecule has 0 unspecified atom stereocenters. The van der Waals surface area contributed by atoms with E-state index in [1.165, 1.54) is 25.4 Å². The lowest BCUT2D eigenvalue weighted by molar-refractivity contribution is -0.142. The molecule has 2 fully saturated rings. The number of piperidine rings is 1. The lowest BCUT2D eigenvalue weighted by Crippen LogP contribution is -2.54. The Morgan fingerprint density at radius 3 is 3.26 bits per heavy atom. The van der Waals surface area contributed by atoms with Gasteiger partial charge in [-0.2, -0.15) is 0 Å². The van der Waals surface area contributed by atoms with Gasteiger partial charge in [0, 0.05) is 33.0 Å². The van der Waals surface area contributed by atoms with E-state index in [1.807, 2.05) is 0 Å². The highest BCUT2D eigenvalue weighted by molar-refractivity contribution is 5.77. The van der Waals surface area contributed by atoms with Crippen LogP contribution >= 0.6 is 0 Å². The molecule has 0 spiro atoms. The van der Waals surface area contributed by atoms with Crippen molar-refractivity contribution in [3.8, 4) is 5.88 Å². The number of carbonyl (C=O) groups is 1. The van der Waals surface area contributed by atoms with Crippen molar-refractivity contribution in [1.29, 1.82) is 0 Å². The molecule has 0 N–H and O–H groups in total. The number of aromatic nitrogens is 1. The summed E-state index contributed by atoms with van der Waals surface area (Å²) in [5, 5.41) is 0. The van der Waals surface area contributed by atoms with Crippen LogP contribution in [-0.4, -0.2) is 61.9 Å². The average Bonchev–Trinajstić information content (AvgIpc) is 2.97. The van der Waals surface area contributed by atoms with Crippen LogP contribution in [0.25, 0.3) is 0 Å². The molecule has 0 aromatic carbocycles. The maximum absolute atomic E-state index is 13.7. The summed E-state index contributed by atoms with van der Waals surface area (Å²) in [6, 6.07) is 2.84. The second kappa shape index (κ2) is 6.80. The van der Waals surface area contributed by atoms with E-state index in [9.17, 15) is 9.18 Å². The van der Waals surface area contributed by atoms with E-state index in [0.717, 1.165) is 12.8 Å². The average molecular weight is 324 g/mol. The number of fused-ring (bicyclic) bond motifs is 1. The van der Waals surface area contributed by atoms with E-state index < -0.39 is 5.82 Å². The predicted molar refractivity (Wildman–Crippen MR) is 79.6 cm³/mol. The van der Waals surface area contributed by atoms with Crippen molar-refractivity contribution in [2.24, 2.45) is 5.41 Å². The van der Waals surface area contributed by atoms with Crippen LogP contribution in [0.3, 0.4) is 0 Å². The minimum Gasteiger partial charge on any atom is -0.475 e. The van der Waals surface area contributed by atoms with Crippen LogP contribution in [0, 0.1) is 11.2 Å². The van der Waals surface area contributed by atoms with Crippen LogP contribution in [0.1, 0.15) is 12.8 Å². The fourth-order valence-electron chi connectivity index (χ4n) is 3.37. The van der Waals surface area contributed by atoms with Gasteiger partial charge >= 0.3 is 0 Å². The molecule has 3 rings (SSSR count). The summed E-state index contributed by atoms with van der Waals surface area (Å²) in [5.41, 5.74) is -0.314. The number of halogens is 1. The molecule has 2 aliphatic heterocycles. The first-order valence-electron chi connectivity index (χ1n) is 7.76. The van der Waals surface area contributed by atoms with Gasteiger partial charge in [0.25, 0.3) is 0 Å². The minimum atomic E-state index is -0.484. The standard InChI is InChI=1S/C16H21FN2O4/c1-21-9-14(20)19-7-4-13-16(10-19,5-8-22-13)11-23-15-12(17)3-2-6-18-15/h2-3,6,13H,4-5,7-11H2,1H3/t13-,16+/m1/s1. The molecule has 2 saturated heterocycles. The first kappa shape index (κ1) is 16.1.